The number of amides is 1. The zero-order valence-electron chi connectivity index (χ0n) is 11.4. The van der Waals surface area contributed by atoms with Crippen LogP contribution in [0.3, 0.4) is 0 Å². The van der Waals surface area contributed by atoms with Gasteiger partial charge in [0.2, 0.25) is 0 Å². The Labute approximate surface area is 127 Å². The molecule has 4 heteroatoms. The summed E-state index contributed by atoms with van der Waals surface area (Å²) in [7, 11) is 1.60. The first-order chi connectivity index (χ1) is 9.60. The lowest BCUT2D eigenvalue weighted by Gasteiger charge is -2.15. The molecule has 0 aliphatic carbocycles. The van der Waals surface area contributed by atoms with Crippen LogP contribution in [0.5, 0.6) is 5.75 Å². The van der Waals surface area contributed by atoms with Gasteiger partial charge in [-0.1, -0.05) is 28.1 Å². The summed E-state index contributed by atoms with van der Waals surface area (Å²) in [5.74, 6) is 0.640. The molecular formula is C16H16BrNO2. The van der Waals surface area contributed by atoms with E-state index in [1.807, 2.05) is 31.2 Å². The van der Waals surface area contributed by atoms with Gasteiger partial charge in [-0.05, 0) is 48.9 Å². The first-order valence-electron chi connectivity index (χ1n) is 6.30. The van der Waals surface area contributed by atoms with Crippen LogP contribution in [0, 0.1) is 0 Å². The van der Waals surface area contributed by atoms with Crippen molar-refractivity contribution < 1.29 is 9.53 Å². The maximum atomic E-state index is 12.1. The molecule has 3 nitrogen and oxygen atoms in total. The monoisotopic (exact) mass is 333 g/mol. The number of ether oxygens (including phenoxy) is 1. The number of rotatable bonds is 4. The van der Waals surface area contributed by atoms with Gasteiger partial charge < -0.3 is 10.1 Å². The van der Waals surface area contributed by atoms with E-state index in [0.717, 1.165) is 15.8 Å². The second-order valence-electron chi connectivity index (χ2n) is 4.48. The van der Waals surface area contributed by atoms with E-state index in [4.69, 9.17) is 4.74 Å². The fourth-order valence-electron chi connectivity index (χ4n) is 1.88. The first kappa shape index (κ1) is 14.6. The second-order valence-corrected chi connectivity index (χ2v) is 5.39. The summed E-state index contributed by atoms with van der Waals surface area (Å²) in [5, 5.41) is 2.98. The molecule has 0 saturated heterocycles. The van der Waals surface area contributed by atoms with E-state index in [-0.39, 0.29) is 11.9 Å². The summed E-state index contributed by atoms with van der Waals surface area (Å²) in [4.78, 5) is 12.1. The van der Waals surface area contributed by atoms with Crippen LogP contribution in [0.1, 0.15) is 28.9 Å². The Morgan fingerprint density at radius 2 is 1.90 bits per heavy atom. The normalized spacial score (nSPS) is 11.8. The summed E-state index contributed by atoms with van der Waals surface area (Å²) >= 11 is 3.43. The molecular weight excluding hydrogens is 318 g/mol. The van der Waals surface area contributed by atoms with Gasteiger partial charge in [0.05, 0.1) is 13.2 Å². The van der Waals surface area contributed by atoms with Gasteiger partial charge in [0, 0.05) is 10.0 Å². The highest BCUT2D eigenvalue weighted by molar-refractivity contribution is 9.10. The SMILES string of the molecule is COc1ccc(C(=O)NC(C)c2cccc(Br)c2)cc1. The average Bonchev–Trinajstić information content (AvgIpc) is 2.47. The molecule has 1 amide bonds. The molecule has 0 radical (unpaired) electrons. The van der Waals surface area contributed by atoms with Gasteiger partial charge in [0.15, 0.2) is 0 Å². The van der Waals surface area contributed by atoms with Crippen molar-refractivity contribution in [2.45, 2.75) is 13.0 Å². The summed E-state index contributed by atoms with van der Waals surface area (Å²) in [6.07, 6.45) is 0. The van der Waals surface area contributed by atoms with Crippen LogP contribution in [-0.4, -0.2) is 13.0 Å². The molecule has 2 aromatic carbocycles. The van der Waals surface area contributed by atoms with Crippen molar-refractivity contribution in [2.75, 3.05) is 7.11 Å². The highest BCUT2D eigenvalue weighted by Gasteiger charge is 2.11. The minimum Gasteiger partial charge on any atom is -0.497 e. The van der Waals surface area contributed by atoms with Crippen molar-refractivity contribution in [2.24, 2.45) is 0 Å². The molecule has 0 aliphatic rings. The predicted octanol–water partition coefficient (Wildman–Crippen LogP) is 3.95. The van der Waals surface area contributed by atoms with Gasteiger partial charge in [-0.3, -0.25) is 4.79 Å². The lowest BCUT2D eigenvalue weighted by Crippen LogP contribution is -2.26. The highest BCUT2D eigenvalue weighted by atomic mass is 79.9. The number of nitrogens with one attached hydrogen (secondary N) is 1. The van der Waals surface area contributed by atoms with Crippen LogP contribution in [-0.2, 0) is 0 Å². The van der Waals surface area contributed by atoms with Gasteiger partial charge in [-0.25, -0.2) is 0 Å². The molecule has 0 bridgehead atoms. The van der Waals surface area contributed by atoms with Crippen LogP contribution < -0.4 is 10.1 Å². The number of hydrogen-bond donors (Lipinski definition) is 1. The standard InChI is InChI=1S/C16H16BrNO2/c1-11(13-4-3-5-14(17)10-13)18-16(19)12-6-8-15(20-2)9-7-12/h3-11H,1-2H3,(H,18,19). The minimum atomic E-state index is -0.0971. The third-order valence-electron chi connectivity index (χ3n) is 3.05. The Morgan fingerprint density at radius 1 is 1.20 bits per heavy atom. The predicted molar refractivity (Wildman–Crippen MR) is 83.0 cm³/mol. The molecule has 0 saturated carbocycles. The third kappa shape index (κ3) is 3.61. The van der Waals surface area contributed by atoms with E-state index in [1.54, 1.807) is 31.4 Å². The molecule has 2 rings (SSSR count). The van der Waals surface area contributed by atoms with Crippen molar-refractivity contribution in [1.82, 2.24) is 5.32 Å². The van der Waals surface area contributed by atoms with E-state index >= 15 is 0 Å². The van der Waals surface area contributed by atoms with E-state index in [2.05, 4.69) is 21.2 Å². The van der Waals surface area contributed by atoms with Gasteiger partial charge >= 0.3 is 0 Å². The van der Waals surface area contributed by atoms with Gasteiger partial charge in [-0.2, -0.15) is 0 Å². The number of carbonyl (C=O) groups is 1. The largest absolute Gasteiger partial charge is 0.497 e. The van der Waals surface area contributed by atoms with Crippen molar-refractivity contribution in [1.29, 1.82) is 0 Å². The summed E-state index contributed by atoms with van der Waals surface area (Å²) in [6, 6.07) is 14.9. The Morgan fingerprint density at radius 3 is 2.50 bits per heavy atom. The Bertz CT molecular complexity index is 596. The van der Waals surface area contributed by atoms with Crippen molar-refractivity contribution in [3.63, 3.8) is 0 Å². The fraction of sp³-hybridized carbons (Fsp3) is 0.188. The lowest BCUT2D eigenvalue weighted by atomic mass is 10.1. The molecule has 0 aromatic heterocycles. The zero-order chi connectivity index (χ0) is 14.5. The van der Waals surface area contributed by atoms with Crippen LogP contribution >= 0.6 is 15.9 Å². The Hall–Kier alpha value is -1.81. The van der Waals surface area contributed by atoms with Crippen LogP contribution in [0.15, 0.2) is 53.0 Å². The van der Waals surface area contributed by atoms with Gasteiger partial charge in [0.1, 0.15) is 5.75 Å². The number of carbonyl (C=O) groups excluding carboxylic acids is 1. The molecule has 0 fully saturated rings. The molecule has 104 valence electrons. The molecule has 2 aromatic rings. The molecule has 1 unspecified atom stereocenters. The van der Waals surface area contributed by atoms with E-state index < -0.39 is 0 Å². The fourth-order valence-corrected chi connectivity index (χ4v) is 2.30. The van der Waals surface area contributed by atoms with E-state index in [0.29, 0.717) is 5.56 Å². The summed E-state index contributed by atoms with van der Waals surface area (Å²) < 4.78 is 6.08. The van der Waals surface area contributed by atoms with Gasteiger partial charge in [0.25, 0.3) is 5.91 Å². The molecule has 1 N–H and O–H groups in total. The quantitative estimate of drug-likeness (QED) is 0.919. The minimum absolute atomic E-state index is 0.0536. The van der Waals surface area contributed by atoms with Crippen LogP contribution in [0.4, 0.5) is 0 Å². The molecule has 0 aliphatic heterocycles. The van der Waals surface area contributed by atoms with Crippen molar-refractivity contribution >= 4 is 21.8 Å². The Kier molecular flexibility index (Phi) is 4.79. The summed E-state index contributed by atoms with van der Waals surface area (Å²) in [6.45, 7) is 1.96. The first-order valence-corrected chi connectivity index (χ1v) is 7.10. The number of methoxy groups -OCH3 is 1. The van der Waals surface area contributed by atoms with Crippen LogP contribution in [0.2, 0.25) is 0 Å². The second kappa shape index (κ2) is 6.57. The highest BCUT2D eigenvalue weighted by Crippen LogP contribution is 2.18. The topological polar surface area (TPSA) is 38.3 Å². The average molecular weight is 334 g/mol. The summed E-state index contributed by atoms with van der Waals surface area (Å²) in [5.41, 5.74) is 1.67. The van der Waals surface area contributed by atoms with Gasteiger partial charge in [-0.15, -0.1) is 0 Å². The maximum Gasteiger partial charge on any atom is 0.251 e. The van der Waals surface area contributed by atoms with Crippen molar-refractivity contribution in [3.8, 4) is 5.75 Å². The van der Waals surface area contributed by atoms with Crippen LogP contribution in [0.25, 0.3) is 0 Å². The number of benzene rings is 2. The van der Waals surface area contributed by atoms with E-state index in [1.165, 1.54) is 0 Å². The molecule has 0 heterocycles. The smallest absolute Gasteiger partial charge is 0.251 e. The maximum absolute atomic E-state index is 12.1. The molecule has 1 atom stereocenters. The number of hydrogen-bond acceptors (Lipinski definition) is 2. The third-order valence-corrected chi connectivity index (χ3v) is 3.54. The zero-order valence-corrected chi connectivity index (χ0v) is 13.0. The van der Waals surface area contributed by atoms with E-state index in [9.17, 15) is 4.79 Å². The molecule has 0 spiro atoms. The van der Waals surface area contributed by atoms with Crippen molar-refractivity contribution in [3.05, 3.63) is 64.1 Å². The molecule has 20 heavy (non-hydrogen) atoms. The Balaban J connectivity index is 2.06. The lowest BCUT2D eigenvalue weighted by molar-refractivity contribution is 0.0940. The number of halogens is 1.